The van der Waals surface area contributed by atoms with Crippen molar-refractivity contribution in [2.45, 2.75) is 19.8 Å². The van der Waals surface area contributed by atoms with Gasteiger partial charge in [0.2, 0.25) is 0 Å². The lowest BCUT2D eigenvalue weighted by Crippen LogP contribution is -2.12. The van der Waals surface area contributed by atoms with E-state index in [0.29, 0.717) is 10.4 Å². The van der Waals surface area contributed by atoms with E-state index in [0.717, 1.165) is 18.7 Å². The molecule has 2 N–H and O–H groups in total. The van der Waals surface area contributed by atoms with Crippen LogP contribution >= 0.6 is 15.9 Å². The maximum atomic E-state index is 11.0. The summed E-state index contributed by atoms with van der Waals surface area (Å²) >= 11 is 3.33. The monoisotopic (exact) mass is 309 g/mol. The molecule has 2 heterocycles. The first-order valence-corrected chi connectivity index (χ1v) is 6.28. The molecular formula is C11H12BrN5O. The molecule has 0 aliphatic carbocycles. The number of hydrogen-bond acceptors (Lipinski definition) is 4. The van der Waals surface area contributed by atoms with Crippen LogP contribution in [0.4, 0.5) is 0 Å². The van der Waals surface area contributed by atoms with Gasteiger partial charge < -0.3 is 5.73 Å². The Labute approximate surface area is 112 Å². The van der Waals surface area contributed by atoms with Gasteiger partial charge in [-0.05, 0) is 28.4 Å². The van der Waals surface area contributed by atoms with Gasteiger partial charge in [-0.1, -0.05) is 6.92 Å². The SMILES string of the molecule is CCCc1nc(Br)cc(-n2ccc(C(N)=O)n2)n1. The summed E-state index contributed by atoms with van der Waals surface area (Å²) in [6.45, 7) is 2.06. The molecule has 0 aromatic carbocycles. The Morgan fingerprint density at radius 2 is 2.28 bits per heavy atom. The minimum Gasteiger partial charge on any atom is -0.364 e. The van der Waals surface area contributed by atoms with Crippen molar-refractivity contribution >= 4 is 21.8 Å². The second kappa shape index (κ2) is 5.26. The fourth-order valence-corrected chi connectivity index (χ4v) is 1.90. The highest BCUT2D eigenvalue weighted by Crippen LogP contribution is 2.13. The van der Waals surface area contributed by atoms with Crippen LogP contribution in [0.1, 0.15) is 29.7 Å². The lowest BCUT2D eigenvalue weighted by Gasteiger charge is -2.04. The Morgan fingerprint density at radius 1 is 1.50 bits per heavy atom. The predicted molar refractivity (Wildman–Crippen MR) is 69.4 cm³/mol. The molecule has 0 saturated heterocycles. The number of carbonyl (C=O) groups excluding carboxylic acids is 1. The van der Waals surface area contributed by atoms with Crippen LogP contribution in [0.5, 0.6) is 0 Å². The van der Waals surface area contributed by atoms with Crippen molar-refractivity contribution in [3.63, 3.8) is 0 Å². The average molecular weight is 310 g/mol. The van der Waals surface area contributed by atoms with Gasteiger partial charge in [-0.3, -0.25) is 4.79 Å². The molecule has 0 spiro atoms. The highest BCUT2D eigenvalue weighted by molar-refractivity contribution is 9.10. The molecule has 2 aromatic heterocycles. The largest absolute Gasteiger partial charge is 0.364 e. The van der Waals surface area contributed by atoms with Gasteiger partial charge in [-0.15, -0.1) is 0 Å². The number of halogens is 1. The van der Waals surface area contributed by atoms with Gasteiger partial charge in [0, 0.05) is 18.7 Å². The Bertz CT molecular complexity index is 581. The minimum atomic E-state index is -0.560. The molecule has 0 bridgehead atoms. The Balaban J connectivity index is 2.39. The number of amides is 1. The lowest BCUT2D eigenvalue weighted by molar-refractivity contribution is 0.0995. The molecular weight excluding hydrogens is 298 g/mol. The summed E-state index contributed by atoms with van der Waals surface area (Å²) in [6.07, 6.45) is 3.39. The van der Waals surface area contributed by atoms with Gasteiger partial charge in [-0.25, -0.2) is 14.6 Å². The van der Waals surface area contributed by atoms with E-state index >= 15 is 0 Å². The van der Waals surface area contributed by atoms with Crippen LogP contribution in [-0.4, -0.2) is 25.7 Å². The highest BCUT2D eigenvalue weighted by Gasteiger charge is 2.09. The van der Waals surface area contributed by atoms with E-state index in [1.807, 2.05) is 0 Å². The van der Waals surface area contributed by atoms with Gasteiger partial charge in [0.05, 0.1) is 0 Å². The molecule has 0 radical (unpaired) electrons. The molecule has 18 heavy (non-hydrogen) atoms. The zero-order valence-electron chi connectivity index (χ0n) is 9.80. The van der Waals surface area contributed by atoms with Gasteiger partial charge in [0.25, 0.3) is 5.91 Å². The molecule has 1 amide bonds. The first-order valence-electron chi connectivity index (χ1n) is 5.49. The summed E-state index contributed by atoms with van der Waals surface area (Å²) in [6, 6.07) is 3.29. The second-order valence-corrected chi connectivity index (χ2v) is 4.54. The van der Waals surface area contributed by atoms with Gasteiger partial charge in [0.15, 0.2) is 5.82 Å². The summed E-state index contributed by atoms with van der Waals surface area (Å²) in [4.78, 5) is 19.6. The maximum absolute atomic E-state index is 11.0. The topological polar surface area (TPSA) is 86.7 Å². The van der Waals surface area contributed by atoms with Gasteiger partial charge in [-0.2, -0.15) is 5.10 Å². The lowest BCUT2D eigenvalue weighted by atomic mass is 10.3. The van der Waals surface area contributed by atoms with E-state index in [1.165, 1.54) is 4.68 Å². The van der Waals surface area contributed by atoms with Crippen molar-refractivity contribution in [3.8, 4) is 5.82 Å². The summed E-state index contributed by atoms with van der Waals surface area (Å²) in [5, 5.41) is 4.05. The van der Waals surface area contributed by atoms with Gasteiger partial charge in [0.1, 0.15) is 16.1 Å². The maximum Gasteiger partial charge on any atom is 0.269 e. The molecule has 0 aliphatic rings. The highest BCUT2D eigenvalue weighted by atomic mass is 79.9. The third-order valence-electron chi connectivity index (χ3n) is 2.28. The molecule has 6 nitrogen and oxygen atoms in total. The fourth-order valence-electron chi connectivity index (χ4n) is 1.49. The Hall–Kier alpha value is -1.76. The van der Waals surface area contributed by atoms with Crippen LogP contribution in [0, 0.1) is 0 Å². The van der Waals surface area contributed by atoms with Crippen molar-refractivity contribution in [1.29, 1.82) is 0 Å². The molecule has 0 unspecified atom stereocenters. The van der Waals surface area contributed by atoms with Crippen molar-refractivity contribution < 1.29 is 4.79 Å². The number of hydrogen-bond donors (Lipinski definition) is 1. The zero-order chi connectivity index (χ0) is 13.1. The molecule has 94 valence electrons. The Morgan fingerprint density at radius 3 is 2.89 bits per heavy atom. The number of nitrogens with two attached hydrogens (primary N) is 1. The number of rotatable bonds is 4. The standard InChI is InChI=1S/C11H12BrN5O/c1-2-3-9-14-8(12)6-10(15-9)17-5-4-7(16-17)11(13)18/h4-6H,2-3H2,1H3,(H2,13,18). The van der Waals surface area contributed by atoms with Crippen LogP contribution in [0.2, 0.25) is 0 Å². The molecule has 0 saturated carbocycles. The number of carbonyl (C=O) groups is 1. The third kappa shape index (κ3) is 2.73. The molecule has 0 fully saturated rings. The van der Waals surface area contributed by atoms with Crippen molar-refractivity contribution in [2.24, 2.45) is 5.73 Å². The molecule has 2 aromatic rings. The molecule has 2 rings (SSSR count). The normalized spacial score (nSPS) is 10.6. The quantitative estimate of drug-likeness (QED) is 0.867. The summed E-state index contributed by atoms with van der Waals surface area (Å²) < 4.78 is 2.19. The molecule has 7 heteroatoms. The summed E-state index contributed by atoms with van der Waals surface area (Å²) in [5.74, 6) is 0.779. The molecule has 0 aliphatic heterocycles. The fraction of sp³-hybridized carbons (Fsp3) is 0.273. The Kier molecular flexibility index (Phi) is 3.71. The first-order chi connectivity index (χ1) is 8.60. The smallest absolute Gasteiger partial charge is 0.269 e. The van der Waals surface area contributed by atoms with E-state index in [9.17, 15) is 4.79 Å². The number of aryl methyl sites for hydroxylation is 1. The van der Waals surface area contributed by atoms with E-state index in [4.69, 9.17) is 5.73 Å². The summed E-state index contributed by atoms with van der Waals surface area (Å²) in [5.41, 5.74) is 5.37. The van der Waals surface area contributed by atoms with E-state index < -0.39 is 5.91 Å². The first kappa shape index (κ1) is 12.7. The number of primary amides is 1. The average Bonchev–Trinajstić information content (AvgIpc) is 2.78. The van der Waals surface area contributed by atoms with Crippen molar-refractivity contribution in [3.05, 3.63) is 34.5 Å². The van der Waals surface area contributed by atoms with Crippen LogP contribution < -0.4 is 5.73 Å². The van der Waals surface area contributed by atoms with Crippen LogP contribution in [0.3, 0.4) is 0 Å². The van der Waals surface area contributed by atoms with E-state index in [1.54, 1.807) is 18.3 Å². The van der Waals surface area contributed by atoms with Crippen LogP contribution in [0.15, 0.2) is 22.9 Å². The minimum absolute atomic E-state index is 0.210. The van der Waals surface area contributed by atoms with Crippen molar-refractivity contribution in [1.82, 2.24) is 19.7 Å². The van der Waals surface area contributed by atoms with E-state index in [-0.39, 0.29) is 5.69 Å². The number of nitrogens with zero attached hydrogens (tertiary/aromatic N) is 4. The zero-order valence-corrected chi connectivity index (χ0v) is 11.4. The molecule has 0 atom stereocenters. The van der Waals surface area contributed by atoms with Crippen LogP contribution in [-0.2, 0) is 6.42 Å². The van der Waals surface area contributed by atoms with Crippen LogP contribution in [0.25, 0.3) is 5.82 Å². The number of aromatic nitrogens is 4. The predicted octanol–water partition coefficient (Wildman–Crippen LogP) is 1.48. The second-order valence-electron chi connectivity index (χ2n) is 3.72. The summed E-state index contributed by atoms with van der Waals surface area (Å²) in [7, 11) is 0. The van der Waals surface area contributed by atoms with Crippen molar-refractivity contribution in [2.75, 3.05) is 0 Å². The van der Waals surface area contributed by atoms with Gasteiger partial charge >= 0.3 is 0 Å². The third-order valence-corrected chi connectivity index (χ3v) is 2.68. The van der Waals surface area contributed by atoms with E-state index in [2.05, 4.69) is 37.9 Å².